The molecular weight excluding hydrogens is 403 g/mol. The number of hydrogen-bond acceptors (Lipinski definition) is 3. The van der Waals surface area contributed by atoms with Crippen LogP contribution in [0.1, 0.15) is 35.6 Å². The van der Waals surface area contributed by atoms with E-state index >= 15 is 0 Å². The fourth-order valence-electron chi connectivity index (χ4n) is 3.88. The van der Waals surface area contributed by atoms with Crippen LogP contribution >= 0.6 is 0 Å². The van der Waals surface area contributed by atoms with Crippen LogP contribution < -0.4 is 0 Å². The SMILES string of the molecule is O=C(Cc1ccccc1)N1CCC(c2cncc(-c3cccc(C(F)(F)F)c3)n2)CC1. The van der Waals surface area contributed by atoms with E-state index in [1.165, 1.54) is 12.3 Å². The van der Waals surface area contributed by atoms with E-state index in [0.29, 0.717) is 30.8 Å². The van der Waals surface area contributed by atoms with Crippen LogP contribution in [0.5, 0.6) is 0 Å². The number of halogens is 3. The normalized spacial score (nSPS) is 15.1. The molecule has 1 aromatic heterocycles. The first-order valence-corrected chi connectivity index (χ1v) is 10.2. The maximum absolute atomic E-state index is 13.0. The van der Waals surface area contributed by atoms with Gasteiger partial charge < -0.3 is 4.90 Å². The number of hydrogen-bond donors (Lipinski definition) is 0. The molecule has 31 heavy (non-hydrogen) atoms. The highest BCUT2D eigenvalue weighted by molar-refractivity contribution is 5.78. The third kappa shape index (κ3) is 5.10. The second-order valence-corrected chi connectivity index (χ2v) is 7.73. The van der Waals surface area contributed by atoms with Gasteiger partial charge in [0.2, 0.25) is 5.91 Å². The van der Waals surface area contributed by atoms with Gasteiger partial charge in [-0.25, -0.2) is 4.98 Å². The molecular formula is C24H22F3N3O. The van der Waals surface area contributed by atoms with Gasteiger partial charge in [0.15, 0.2) is 0 Å². The lowest BCUT2D eigenvalue weighted by molar-refractivity contribution is -0.137. The van der Waals surface area contributed by atoms with Crippen molar-refractivity contribution in [1.29, 1.82) is 0 Å². The third-order valence-corrected chi connectivity index (χ3v) is 5.60. The lowest BCUT2D eigenvalue weighted by atomic mass is 9.93. The number of piperidine rings is 1. The van der Waals surface area contributed by atoms with Crippen molar-refractivity contribution in [3.63, 3.8) is 0 Å². The number of amides is 1. The Hall–Kier alpha value is -3.22. The summed E-state index contributed by atoms with van der Waals surface area (Å²) in [5.41, 5.74) is 1.85. The van der Waals surface area contributed by atoms with Gasteiger partial charge in [0.05, 0.1) is 29.6 Å². The van der Waals surface area contributed by atoms with Crippen molar-refractivity contribution in [2.24, 2.45) is 0 Å². The van der Waals surface area contributed by atoms with Gasteiger partial charge in [-0.2, -0.15) is 13.2 Å². The average molecular weight is 425 g/mol. The molecule has 160 valence electrons. The van der Waals surface area contributed by atoms with Gasteiger partial charge in [-0.3, -0.25) is 9.78 Å². The van der Waals surface area contributed by atoms with Crippen molar-refractivity contribution >= 4 is 5.91 Å². The van der Waals surface area contributed by atoms with Gasteiger partial charge >= 0.3 is 6.18 Å². The van der Waals surface area contributed by atoms with Gasteiger partial charge in [0, 0.05) is 30.8 Å². The van der Waals surface area contributed by atoms with Crippen LogP contribution in [0.2, 0.25) is 0 Å². The van der Waals surface area contributed by atoms with E-state index in [9.17, 15) is 18.0 Å². The zero-order valence-electron chi connectivity index (χ0n) is 16.8. The molecule has 2 aromatic carbocycles. The predicted molar refractivity (Wildman–Crippen MR) is 111 cm³/mol. The molecule has 0 radical (unpaired) electrons. The van der Waals surface area contributed by atoms with E-state index in [1.54, 1.807) is 12.3 Å². The molecule has 0 N–H and O–H groups in total. The third-order valence-electron chi connectivity index (χ3n) is 5.60. The molecule has 1 amide bonds. The standard InChI is InChI=1S/C24H22F3N3O/c25-24(26,27)20-8-4-7-19(14-20)22-16-28-15-21(29-22)18-9-11-30(12-10-18)23(31)13-17-5-2-1-3-6-17/h1-8,14-16,18H,9-13H2. The molecule has 1 aliphatic heterocycles. The fraction of sp³-hybridized carbons (Fsp3) is 0.292. The lowest BCUT2D eigenvalue weighted by Crippen LogP contribution is -2.38. The van der Waals surface area contributed by atoms with Crippen LogP contribution in [-0.2, 0) is 17.4 Å². The molecule has 0 saturated carbocycles. The fourth-order valence-corrected chi connectivity index (χ4v) is 3.88. The summed E-state index contributed by atoms with van der Waals surface area (Å²) >= 11 is 0. The van der Waals surface area contributed by atoms with Gasteiger partial charge in [0.1, 0.15) is 0 Å². The maximum atomic E-state index is 13.0. The minimum absolute atomic E-state index is 0.105. The molecule has 3 aromatic rings. The topological polar surface area (TPSA) is 46.1 Å². The first kappa shape index (κ1) is 21.0. The summed E-state index contributed by atoms with van der Waals surface area (Å²) in [6, 6.07) is 14.8. The van der Waals surface area contributed by atoms with Crippen LogP contribution in [0.15, 0.2) is 67.0 Å². The number of benzene rings is 2. The quantitative estimate of drug-likeness (QED) is 0.584. The number of carbonyl (C=O) groups is 1. The van der Waals surface area contributed by atoms with Crippen LogP contribution in [0.25, 0.3) is 11.3 Å². The Bertz CT molecular complexity index is 1050. The van der Waals surface area contributed by atoms with Gasteiger partial charge in [-0.15, -0.1) is 0 Å². The zero-order chi connectivity index (χ0) is 21.8. The molecule has 4 nitrogen and oxygen atoms in total. The summed E-state index contributed by atoms with van der Waals surface area (Å²) in [5.74, 6) is 0.229. The summed E-state index contributed by atoms with van der Waals surface area (Å²) in [4.78, 5) is 23.2. The smallest absolute Gasteiger partial charge is 0.342 e. The summed E-state index contributed by atoms with van der Waals surface area (Å²) in [5, 5.41) is 0. The van der Waals surface area contributed by atoms with Crippen molar-refractivity contribution < 1.29 is 18.0 Å². The summed E-state index contributed by atoms with van der Waals surface area (Å²) in [6.07, 6.45) is 0.639. The number of carbonyl (C=O) groups excluding carboxylic acids is 1. The van der Waals surface area contributed by atoms with E-state index in [-0.39, 0.29) is 11.8 Å². The number of likely N-dealkylation sites (tertiary alicyclic amines) is 1. The molecule has 0 bridgehead atoms. The Kier molecular flexibility index (Phi) is 6.02. The first-order valence-electron chi connectivity index (χ1n) is 10.2. The van der Waals surface area contributed by atoms with Crippen LogP contribution in [0.4, 0.5) is 13.2 Å². The lowest BCUT2D eigenvalue weighted by Gasteiger charge is -2.32. The monoisotopic (exact) mass is 425 g/mol. The molecule has 2 heterocycles. The predicted octanol–water partition coefficient (Wildman–Crippen LogP) is 5.11. The van der Waals surface area contributed by atoms with E-state index in [4.69, 9.17) is 0 Å². The van der Waals surface area contributed by atoms with Gasteiger partial charge in [-0.1, -0.05) is 42.5 Å². The molecule has 1 aliphatic rings. The van der Waals surface area contributed by atoms with Gasteiger partial charge in [-0.05, 0) is 30.5 Å². The second kappa shape index (κ2) is 8.88. The van der Waals surface area contributed by atoms with E-state index < -0.39 is 11.7 Å². The van der Waals surface area contributed by atoms with Crippen molar-refractivity contribution in [2.75, 3.05) is 13.1 Å². The second-order valence-electron chi connectivity index (χ2n) is 7.73. The molecule has 0 aliphatic carbocycles. The number of rotatable bonds is 4. The Morgan fingerprint density at radius 3 is 2.45 bits per heavy atom. The van der Waals surface area contributed by atoms with Gasteiger partial charge in [0.25, 0.3) is 0 Å². The van der Waals surface area contributed by atoms with Crippen molar-refractivity contribution in [1.82, 2.24) is 14.9 Å². The molecule has 1 fully saturated rings. The van der Waals surface area contributed by atoms with E-state index in [2.05, 4.69) is 9.97 Å². The molecule has 0 unspecified atom stereocenters. The minimum Gasteiger partial charge on any atom is -0.342 e. The Morgan fingerprint density at radius 2 is 1.74 bits per heavy atom. The van der Waals surface area contributed by atoms with Crippen molar-refractivity contribution in [3.05, 3.63) is 83.8 Å². The minimum atomic E-state index is -4.40. The summed E-state index contributed by atoms with van der Waals surface area (Å²) in [6.45, 7) is 1.26. The highest BCUT2D eigenvalue weighted by Gasteiger charge is 2.30. The Morgan fingerprint density at radius 1 is 1.00 bits per heavy atom. The van der Waals surface area contributed by atoms with Crippen LogP contribution in [0.3, 0.4) is 0 Å². The Labute approximate surface area is 178 Å². The maximum Gasteiger partial charge on any atom is 0.416 e. The van der Waals surface area contributed by atoms with E-state index in [0.717, 1.165) is 36.2 Å². The zero-order valence-corrected chi connectivity index (χ0v) is 16.8. The number of nitrogens with zero attached hydrogens (tertiary/aromatic N) is 3. The average Bonchev–Trinajstić information content (AvgIpc) is 2.79. The van der Waals surface area contributed by atoms with Crippen LogP contribution in [0, 0.1) is 0 Å². The van der Waals surface area contributed by atoms with Crippen molar-refractivity contribution in [2.45, 2.75) is 31.4 Å². The highest BCUT2D eigenvalue weighted by atomic mass is 19.4. The first-order chi connectivity index (χ1) is 14.9. The molecule has 0 spiro atoms. The number of alkyl halides is 3. The van der Waals surface area contributed by atoms with Crippen molar-refractivity contribution in [3.8, 4) is 11.3 Å². The molecule has 0 atom stereocenters. The molecule has 7 heteroatoms. The van der Waals surface area contributed by atoms with E-state index in [1.807, 2.05) is 35.2 Å². The summed E-state index contributed by atoms with van der Waals surface area (Å²) < 4.78 is 39.1. The largest absolute Gasteiger partial charge is 0.416 e. The summed E-state index contributed by atoms with van der Waals surface area (Å²) in [7, 11) is 0. The van der Waals surface area contributed by atoms with Crippen LogP contribution in [-0.4, -0.2) is 33.9 Å². The highest BCUT2D eigenvalue weighted by Crippen LogP contribution is 2.32. The molecule has 4 rings (SSSR count). The Balaban J connectivity index is 1.42. The molecule has 1 saturated heterocycles. The number of aromatic nitrogens is 2.